The first-order valence-corrected chi connectivity index (χ1v) is 7.07. The van der Waals surface area contributed by atoms with E-state index in [1.165, 1.54) is 12.1 Å². The van der Waals surface area contributed by atoms with Gasteiger partial charge < -0.3 is 16.4 Å². The summed E-state index contributed by atoms with van der Waals surface area (Å²) in [7, 11) is 0. The highest BCUT2D eigenvalue weighted by Gasteiger charge is 2.31. The molecule has 4 nitrogen and oxygen atoms in total. The van der Waals surface area contributed by atoms with E-state index in [2.05, 4.69) is 12.2 Å². The molecule has 2 atom stereocenters. The Kier molecular flexibility index (Phi) is 4.41. The highest BCUT2D eigenvalue weighted by molar-refractivity contribution is 7.80. The van der Waals surface area contributed by atoms with Crippen LogP contribution in [0.3, 0.4) is 0 Å². The molecule has 1 aromatic carbocycles. The molecular weight excluding hydrogens is 296 g/mol. The van der Waals surface area contributed by atoms with E-state index in [-0.39, 0.29) is 34.7 Å². The molecule has 1 heterocycles. The molecule has 21 heavy (non-hydrogen) atoms. The molecule has 2 rings (SSSR count). The molecule has 0 saturated carbocycles. The van der Waals surface area contributed by atoms with E-state index in [0.717, 1.165) is 0 Å². The number of carbonyl (C=O) groups excluding carboxylic acids is 1. The van der Waals surface area contributed by atoms with Gasteiger partial charge in [-0.25, -0.2) is 8.78 Å². The zero-order chi connectivity index (χ0) is 15.7. The quantitative estimate of drug-likeness (QED) is 0.833. The van der Waals surface area contributed by atoms with Crippen LogP contribution in [-0.2, 0) is 4.79 Å². The van der Waals surface area contributed by atoms with E-state index < -0.39 is 17.5 Å². The Hall–Kier alpha value is -1.76. The largest absolute Gasteiger partial charge is 0.389 e. The van der Waals surface area contributed by atoms with Crippen molar-refractivity contribution in [3.63, 3.8) is 0 Å². The molecule has 1 aliphatic rings. The number of amides is 1. The molecule has 1 fully saturated rings. The van der Waals surface area contributed by atoms with Crippen molar-refractivity contribution in [1.82, 2.24) is 0 Å². The Morgan fingerprint density at radius 1 is 1.29 bits per heavy atom. The molecule has 7 heteroatoms. The first kappa shape index (κ1) is 15.6. The van der Waals surface area contributed by atoms with E-state index in [1.807, 2.05) is 6.92 Å². The topological polar surface area (TPSA) is 72.4 Å². The van der Waals surface area contributed by atoms with Gasteiger partial charge in [-0.3, -0.25) is 4.79 Å². The lowest BCUT2D eigenvalue weighted by Gasteiger charge is -2.38. The van der Waals surface area contributed by atoms with Crippen molar-refractivity contribution < 1.29 is 13.6 Å². The summed E-state index contributed by atoms with van der Waals surface area (Å²) in [6.07, 6.45) is 1.34. The molecule has 0 bridgehead atoms. The Bertz CT molecular complexity index is 594. The van der Waals surface area contributed by atoms with Crippen LogP contribution in [0.25, 0.3) is 0 Å². The van der Waals surface area contributed by atoms with Crippen molar-refractivity contribution in [2.24, 2.45) is 17.4 Å². The number of benzene rings is 1. The predicted molar refractivity (Wildman–Crippen MR) is 81.0 cm³/mol. The van der Waals surface area contributed by atoms with Crippen molar-refractivity contribution in [2.75, 3.05) is 11.4 Å². The molecule has 0 aromatic heterocycles. The van der Waals surface area contributed by atoms with Gasteiger partial charge in [0.1, 0.15) is 4.99 Å². The minimum atomic E-state index is -1.06. The Morgan fingerprint density at radius 3 is 2.52 bits per heavy atom. The summed E-state index contributed by atoms with van der Waals surface area (Å²) in [6.45, 7) is 2.18. The number of nitrogens with two attached hydrogens (primary N) is 2. The van der Waals surface area contributed by atoms with Gasteiger partial charge in [-0.1, -0.05) is 12.2 Å². The molecule has 0 aliphatic carbocycles. The monoisotopic (exact) mass is 313 g/mol. The van der Waals surface area contributed by atoms with Crippen LogP contribution >= 0.6 is 12.2 Å². The minimum Gasteiger partial charge on any atom is -0.389 e. The van der Waals surface area contributed by atoms with Gasteiger partial charge in [0.05, 0.1) is 11.6 Å². The van der Waals surface area contributed by atoms with Gasteiger partial charge in [0.25, 0.3) is 0 Å². The van der Waals surface area contributed by atoms with Gasteiger partial charge in [0, 0.05) is 18.2 Å². The number of hydrogen-bond acceptors (Lipinski definition) is 3. The average molecular weight is 313 g/mol. The van der Waals surface area contributed by atoms with E-state index in [1.54, 1.807) is 4.90 Å². The summed E-state index contributed by atoms with van der Waals surface area (Å²) in [6, 6.07) is 2.79. The maximum absolute atomic E-state index is 14.3. The van der Waals surface area contributed by atoms with Crippen molar-refractivity contribution >= 4 is 28.8 Å². The fourth-order valence-electron chi connectivity index (χ4n) is 2.63. The van der Waals surface area contributed by atoms with Crippen molar-refractivity contribution in [2.45, 2.75) is 25.8 Å². The van der Waals surface area contributed by atoms with Gasteiger partial charge in [-0.05, 0) is 31.9 Å². The SMILES string of the molecule is CC1CCC(C(N)=O)CN1c1ccc(C(N)=S)c(F)c1F. The summed E-state index contributed by atoms with van der Waals surface area (Å²) >= 11 is 4.68. The summed E-state index contributed by atoms with van der Waals surface area (Å²) in [5.41, 5.74) is 10.6. The predicted octanol–water partition coefficient (Wildman–Crippen LogP) is 1.69. The summed E-state index contributed by atoms with van der Waals surface area (Å²) < 4.78 is 28.3. The van der Waals surface area contributed by atoms with Crippen LogP contribution in [-0.4, -0.2) is 23.5 Å². The third-order valence-corrected chi connectivity index (χ3v) is 4.14. The standard InChI is InChI=1S/C14H17F2N3OS/c1-7-2-3-8(13(17)20)6-19(7)10-5-4-9(14(18)21)11(15)12(10)16/h4-5,7-8H,2-3,6H2,1H3,(H2,17,20)(H2,18,21). The number of carbonyl (C=O) groups is 1. The average Bonchev–Trinajstić information content (AvgIpc) is 2.42. The fraction of sp³-hybridized carbons (Fsp3) is 0.429. The molecule has 4 N–H and O–H groups in total. The third kappa shape index (κ3) is 2.97. The lowest BCUT2D eigenvalue weighted by Crippen LogP contribution is -2.46. The smallest absolute Gasteiger partial charge is 0.222 e. The second-order valence-corrected chi connectivity index (χ2v) is 5.74. The van der Waals surface area contributed by atoms with Crippen LogP contribution in [0.4, 0.5) is 14.5 Å². The maximum Gasteiger partial charge on any atom is 0.222 e. The zero-order valence-electron chi connectivity index (χ0n) is 11.6. The van der Waals surface area contributed by atoms with Crippen LogP contribution in [0.5, 0.6) is 0 Å². The van der Waals surface area contributed by atoms with Crippen molar-refractivity contribution in [1.29, 1.82) is 0 Å². The molecule has 1 amide bonds. The first-order valence-electron chi connectivity index (χ1n) is 6.66. The Morgan fingerprint density at radius 2 is 1.95 bits per heavy atom. The second-order valence-electron chi connectivity index (χ2n) is 5.30. The molecular formula is C14H17F2N3OS. The number of nitrogens with zero attached hydrogens (tertiary/aromatic N) is 1. The van der Waals surface area contributed by atoms with Crippen molar-refractivity contribution in [3.05, 3.63) is 29.3 Å². The van der Waals surface area contributed by atoms with E-state index in [9.17, 15) is 13.6 Å². The summed E-state index contributed by atoms with van der Waals surface area (Å²) in [4.78, 5) is 12.8. The maximum atomic E-state index is 14.3. The lowest BCUT2D eigenvalue weighted by molar-refractivity contribution is -0.122. The number of thiocarbonyl (C=S) groups is 1. The molecule has 114 valence electrons. The Balaban J connectivity index is 2.38. The number of anilines is 1. The van der Waals surface area contributed by atoms with Crippen LogP contribution in [0.1, 0.15) is 25.3 Å². The number of halogens is 2. The molecule has 1 saturated heterocycles. The highest BCUT2D eigenvalue weighted by Crippen LogP contribution is 2.31. The number of piperidine rings is 1. The van der Waals surface area contributed by atoms with Gasteiger partial charge in [0.2, 0.25) is 5.91 Å². The number of primary amides is 1. The summed E-state index contributed by atoms with van der Waals surface area (Å²) in [5, 5.41) is 0. The number of rotatable bonds is 3. The molecule has 1 aliphatic heterocycles. The van der Waals surface area contributed by atoms with Gasteiger partial charge in [0.15, 0.2) is 11.6 Å². The molecule has 0 spiro atoms. The lowest BCUT2D eigenvalue weighted by atomic mass is 9.92. The zero-order valence-corrected chi connectivity index (χ0v) is 12.4. The fourth-order valence-corrected chi connectivity index (χ4v) is 2.78. The van der Waals surface area contributed by atoms with Crippen molar-refractivity contribution in [3.8, 4) is 0 Å². The first-order chi connectivity index (χ1) is 9.82. The number of hydrogen-bond donors (Lipinski definition) is 2. The molecule has 1 aromatic rings. The van der Waals surface area contributed by atoms with Crippen LogP contribution in [0, 0.1) is 17.6 Å². The molecule has 2 unspecified atom stereocenters. The highest BCUT2D eigenvalue weighted by atomic mass is 32.1. The summed E-state index contributed by atoms with van der Waals surface area (Å²) in [5.74, 6) is -2.85. The van der Waals surface area contributed by atoms with E-state index in [4.69, 9.17) is 11.5 Å². The minimum absolute atomic E-state index is 0.00909. The van der Waals surface area contributed by atoms with Gasteiger partial charge in [-0.15, -0.1) is 0 Å². The van der Waals surface area contributed by atoms with Crippen LogP contribution in [0.2, 0.25) is 0 Å². The van der Waals surface area contributed by atoms with Gasteiger partial charge in [-0.2, -0.15) is 0 Å². The van der Waals surface area contributed by atoms with Crippen LogP contribution in [0.15, 0.2) is 12.1 Å². The second kappa shape index (κ2) is 5.93. The third-order valence-electron chi connectivity index (χ3n) is 3.92. The molecule has 0 radical (unpaired) electrons. The van der Waals surface area contributed by atoms with E-state index >= 15 is 0 Å². The Labute approximate surface area is 127 Å². The normalized spacial score (nSPS) is 22.1. The van der Waals surface area contributed by atoms with Gasteiger partial charge >= 0.3 is 0 Å². The van der Waals surface area contributed by atoms with Crippen LogP contribution < -0.4 is 16.4 Å². The van der Waals surface area contributed by atoms with E-state index in [0.29, 0.717) is 12.8 Å².